The smallest absolute Gasteiger partial charge is 0.0830 e. The second kappa shape index (κ2) is 3.55. The largest absolute Gasteiger partial charge is 0.379 e. The van der Waals surface area contributed by atoms with Crippen molar-refractivity contribution < 1.29 is 9.47 Å². The highest BCUT2D eigenvalue weighted by Crippen LogP contribution is 2.16. The standard InChI is InChI=1S/C9H18O2/c1-9(2,3)7-11-8-4-5-10-6-8/h8H,4-7H2,1-3H3/t8-/m1/s1. The molecule has 0 aromatic rings. The van der Waals surface area contributed by atoms with E-state index in [0.717, 1.165) is 26.2 Å². The van der Waals surface area contributed by atoms with Crippen LogP contribution in [0.3, 0.4) is 0 Å². The van der Waals surface area contributed by atoms with Crippen LogP contribution in [0.25, 0.3) is 0 Å². The van der Waals surface area contributed by atoms with Crippen molar-refractivity contribution in [3.63, 3.8) is 0 Å². The van der Waals surface area contributed by atoms with Gasteiger partial charge in [-0.25, -0.2) is 0 Å². The SMILES string of the molecule is CC(C)(C)CO[C@@H]1CCOC1. The molecule has 2 heteroatoms. The Morgan fingerprint density at radius 3 is 2.64 bits per heavy atom. The molecule has 2 nitrogen and oxygen atoms in total. The summed E-state index contributed by atoms with van der Waals surface area (Å²) in [5.74, 6) is 0. The topological polar surface area (TPSA) is 18.5 Å². The van der Waals surface area contributed by atoms with Gasteiger partial charge in [0.25, 0.3) is 0 Å². The molecule has 0 radical (unpaired) electrons. The molecule has 1 atom stereocenters. The van der Waals surface area contributed by atoms with Crippen LogP contribution >= 0.6 is 0 Å². The van der Waals surface area contributed by atoms with E-state index in [4.69, 9.17) is 9.47 Å². The Bertz CT molecular complexity index is 109. The first-order valence-electron chi connectivity index (χ1n) is 4.27. The third-order valence-corrected chi connectivity index (χ3v) is 1.64. The number of hydrogen-bond donors (Lipinski definition) is 0. The van der Waals surface area contributed by atoms with Crippen LogP contribution in [0.4, 0.5) is 0 Å². The van der Waals surface area contributed by atoms with Crippen LogP contribution in [0.15, 0.2) is 0 Å². The fourth-order valence-corrected chi connectivity index (χ4v) is 1.01. The van der Waals surface area contributed by atoms with Crippen molar-refractivity contribution in [1.29, 1.82) is 0 Å². The summed E-state index contributed by atoms with van der Waals surface area (Å²) in [5.41, 5.74) is 0.280. The average Bonchev–Trinajstić information content (AvgIpc) is 2.32. The van der Waals surface area contributed by atoms with E-state index in [2.05, 4.69) is 20.8 Å². The summed E-state index contributed by atoms with van der Waals surface area (Å²) < 4.78 is 10.8. The van der Waals surface area contributed by atoms with Gasteiger partial charge < -0.3 is 9.47 Å². The highest BCUT2D eigenvalue weighted by Gasteiger charge is 2.19. The molecule has 0 bridgehead atoms. The predicted octanol–water partition coefficient (Wildman–Crippen LogP) is 1.84. The monoisotopic (exact) mass is 158 g/mol. The summed E-state index contributed by atoms with van der Waals surface area (Å²) in [4.78, 5) is 0. The van der Waals surface area contributed by atoms with Gasteiger partial charge in [-0.3, -0.25) is 0 Å². The van der Waals surface area contributed by atoms with Crippen LogP contribution in [-0.4, -0.2) is 25.9 Å². The minimum absolute atomic E-state index is 0.280. The third kappa shape index (κ3) is 3.73. The van der Waals surface area contributed by atoms with Gasteiger partial charge in [-0.1, -0.05) is 20.8 Å². The van der Waals surface area contributed by atoms with Gasteiger partial charge in [-0.2, -0.15) is 0 Å². The first-order valence-corrected chi connectivity index (χ1v) is 4.27. The van der Waals surface area contributed by atoms with Gasteiger partial charge in [0, 0.05) is 6.61 Å². The van der Waals surface area contributed by atoms with Gasteiger partial charge in [-0.05, 0) is 11.8 Å². The molecule has 66 valence electrons. The molecule has 0 aromatic carbocycles. The van der Waals surface area contributed by atoms with Crippen molar-refractivity contribution in [2.24, 2.45) is 5.41 Å². The lowest BCUT2D eigenvalue weighted by molar-refractivity contribution is 0.00396. The van der Waals surface area contributed by atoms with E-state index in [1.807, 2.05) is 0 Å². The van der Waals surface area contributed by atoms with E-state index in [1.165, 1.54) is 0 Å². The normalized spacial score (nSPS) is 25.9. The average molecular weight is 158 g/mol. The predicted molar refractivity (Wildman–Crippen MR) is 44.6 cm³/mol. The van der Waals surface area contributed by atoms with Crippen molar-refractivity contribution in [1.82, 2.24) is 0 Å². The van der Waals surface area contributed by atoms with Crippen molar-refractivity contribution in [3.05, 3.63) is 0 Å². The maximum Gasteiger partial charge on any atom is 0.0830 e. The molecule has 1 rings (SSSR count). The maximum atomic E-state index is 5.64. The second-order valence-electron chi connectivity index (χ2n) is 4.36. The summed E-state index contributed by atoms with van der Waals surface area (Å²) in [6.07, 6.45) is 1.42. The Labute approximate surface area is 68.9 Å². The van der Waals surface area contributed by atoms with Gasteiger partial charge in [0.2, 0.25) is 0 Å². The first kappa shape index (κ1) is 9.01. The highest BCUT2D eigenvalue weighted by atomic mass is 16.5. The van der Waals surface area contributed by atoms with E-state index in [9.17, 15) is 0 Å². The molecular weight excluding hydrogens is 140 g/mol. The van der Waals surface area contributed by atoms with Crippen LogP contribution < -0.4 is 0 Å². The maximum absolute atomic E-state index is 5.64. The summed E-state index contributed by atoms with van der Waals surface area (Å²) in [6, 6.07) is 0. The van der Waals surface area contributed by atoms with Crippen LogP contribution in [0, 0.1) is 5.41 Å². The number of ether oxygens (including phenoxy) is 2. The Balaban J connectivity index is 2.11. The van der Waals surface area contributed by atoms with Gasteiger partial charge in [0.05, 0.1) is 19.3 Å². The van der Waals surface area contributed by atoms with Gasteiger partial charge in [0.15, 0.2) is 0 Å². The molecular formula is C9H18O2. The number of rotatable bonds is 2. The van der Waals surface area contributed by atoms with Gasteiger partial charge in [0.1, 0.15) is 0 Å². The molecule has 0 aliphatic carbocycles. The Morgan fingerprint density at radius 2 is 2.18 bits per heavy atom. The molecule has 1 fully saturated rings. The molecule has 0 amide bonds. The summed E-state index contributed by atoms with van der Waals surface area (Å²) >= 11 is 0. The zero-order chi connectivity index (χ0) is 8.32. The molecule has 1 aliphatic heterocycles. The molecule has 0 saturated carbocycles. The van der Waals surface area contributed by atoms with E-state index in [-0.39, 0.29) is 5.41 Å². The minimum Gasteiger partial charge on any atom is -0.379 e. The van der Waals surface area contributed by atoms with Crippen molar-refractivity contribution >= 4 is 0 Å². The lowest BCUT2D eigenvalue weighted by Gasteiger charge is -2.20. The van der Waals surface area contributed by atoms with Crippen LogP contribution in [0.5, 0.6) is 0 Å². The molecule has 11 heavy (non-hydrogen) atoms. The fourth-order valence-electron chi connectivity index (χ4n) is 1.01. The van der Waals surface area contributed by atoms with Crippen molar-refractivity contribution in [3.8, 4) is 0 Å². The Kier molecular flexibility index (Phi) is 2.90. The van der Waals surface area contributed by atoms with Crippen molar-refractivity contribution in [2.45, 2.75) is 33.3 Å². The minimum atomic E-state index is 0.280. The molecule has 0 N–H and O–H groups in total. The zero-order valence-corrected chi connectivity index (χ0v) is 7.72. The van der Waals surface area contributed by atoms with E-state index in [0.29, 0.717) is 6.10 Å². The molecule has 1 heterocycles. The summed E-state index contributed by atoms with van der Waals surface area (Å²) in [6.45, 7) is 9.04. The Hall–Kier alpha value is -0.0800. The molecule has 0 unspecified atom stereocenters. The summed E-state index contributed by atoms with van der Waals surface area (Å²) in [7, 11) is 0. The van der Waals surface area contributed by atoms with E-state index >= 15 is 0 Å². The summed E-state index contributed by atoms with van der Waals surface area (Å²) in [5, 5.41) is 0. The van der Waals surface area contributed by atoms with E-state index in [1.54, 1.807) is 0 Å². The molecule has 1 aliphatic rings. The lowest BCUT2D eigenvalue weighted by atomic mass is 9.98. The number of hydrogen-bond acceptors (Lipinski definition) is 2. The van der Waals surface area contributed by atoms with Crippen LogP contribution in [0.2, 0.25) is 0 Å². The van der Waals surface area contributed by atoms with Crippen LogP contribution in [0.1, 0.15) is 27.2 Å². The molecule has 0 aromatic heterocycles. The van der Waals surface area contributed by atoms with Gasteiger partial charge in [-0.15, -0.1) is 0 Å². The van der Waals surface area contributed by atoms with E-state index < -0.39 is 0 Å². The molecule has 0 spiro atoms. The van der Waals surface area contributed by atoms with Crippen molar-refractivity contribution in [2.75, 3.05) is 19.8 Å². The van der Waals surface area contributed by atoms with Gasteiger partial charge >= 0.3 is 0 Å². The zero-order valence-electron chi connectivity index (χ0n) is 7.72. The first-order chi connectivity index (χ1) is 5.08. The fraction of sp³-hybridized carbons (Fsp3) is 1.00. The second-order valence-corrected chi connectivity index (χ2v) is 4.36. The third-order valence-electron chi connectivity index (χ3n) is 1.64. The lowest BCUT2D eigenvalue weighted by Crippen LogP contribution is -2.21. The quantitative estimate of drug-likeness (QED) is 0.610. The Morgan fingerprint density at radius 1 is 1.45 bits per heavy atom. The van der Waals surface area contributed by atoms with Crippen LogP contribution in [-0.2, 0) is 9.47 Å². The highest BCUT2D eigenvalue weighted by molar-refractivity contribution is 4.66. The molecule has 1 saturated heterocycles.